The molecule has 0 rings (SSSR count). The lowest BCUT2D eigenvalue weighted by atomic mass is 10.1. The quantitative estimate of drug-likeness (QED) is 0.262. The summed E-state index contributed by atoms with van der Waals surface area (Å²) in [4.78, 5) is 0. The van der Waals surface area contributed by atoms with E-state index in [1.807, 2.05) is 12.2 Å². The Labute approximate surface area is 109 Å². The van der Waals surface area contributed by atoms with Gasteiger partial charge in [0.15, 0.2) is 0 Å². The molecule has 0 aliphatic heterocycles. The van der Waals surface area contributed by atoms with Gasteiger partial charge < -0.3 is 0 Å². The number of hydrogen-bond donors (Lipinski definition) is 0. The lowest BCUT2D eigenvalue weighted by molar-refractivity contribution is 0.553. The van der Waals surface area contributed by atoms with E-state index in [4.69, 9.17) is 0 Å². The predicted molar refractivity (Wildman–Crippen MR) is 80.1 cm³/mol. The first-order chi connectivity index (χ1) is 8.41. The van der Waals surface area contributed by atoms with Crippen molar-refractivity contribution in [1.29, 1.82) is 0 Å². The lowest BCUT2D eigenvalue weighted by Crippen LogP contribution is -1.81. The van der Waals surface area contributed by atoms with Crippen LogP contribution in [0.25, 0.3) is 0 Å². The van der Waals surface area contributed by atoms with E-state index in [-0.39, 0.29) is 0 Å². The van der Waals surface area contributed by atoms with Gasteiger partial charge in [-0.1, -0.05) is 95.9 Å². The highest BCUT2D eigenvalue weighted by molar-refractivity contribution is 4.96. The summed E-state index contributed by atoms with van der Waals surface area (Å²) in [7, 11) is 0. The number of allylic oxidation sites excluding steroid dienone is 3. The van der Waals surface area contributed by atoms with Gasteiger partial charge in [0.1, 0.15) is 0 Å². The summed E-state index contributed by atoms with van der Waals surface area (Å²) in [6, 6.07) is 0. The smallest absolute Gasteiger partial charge is 0.0348 e. The molecule has 1 radical (unpaired) electrons. The summed E-state index contributed by atoms with van der Waals surface area (Å²) in [5.41, 5.74) is 0. The van der Waals surface area contributed by atoms with Gasteiger partial charge in [-0.3, -0.25) is 0 Å². The largest absolute Gasteiger partial charge is 0.0991 e. The van der Waals surface area contributed by atoms with Crippen LogP contribution in [0.4, 0.5) is 0 Å². The fraction of sp³-hybridized carbons (Fsp3) is 0.706. The Kier molecular flexibility index (Phi) is 15.0. The van der Waals surface area contributed by atoms with Crippen LogP contribution in [-0.4, -0.2) is 0 Å². The first kappa shape index (κ1) is 16.5. The van der Waals surface area contributed by atoms with Crippen LogP contribution < -0.4 is 0 Å². The van der Waals surface area contributed by atoms with E-state index in [0.717, 1.165) is 6.42 Å². The Morgan fingerprint density at radius 2 is 1.12 bits per heavy atom. The molecule has 0 aromatic rings. The summed E-state index contributed by atoms with van der Waals surface area (Å²) in [6.07, 6.45) is 22.5. The molecule has 0 saturated carbocycles. The minimum atomic E-state index is 1.11. The number of hydrogen-bond acceptors (Lipinski definition) is 0. The summed E-state index contributed by atoms with van der Waals surface area (Å²) in [5, 5.41) is 0. The zero-order valence-electron chi connectivity index (χ0n) is 11.6. The van der Waals surface area contributed by atoms with E-state index in [2.05, 4.69) is 19.6 Å². The predicted octanol–water partition coefficient (Wildman–Crippen LogP) is 6.24. The standard InChI is InChI=1S/C17H31/c1-3-5-7-9-11-13-15-17-16-14-12-10-8-6-4-2/h3,5,7H,1-2,4,6,8-17H2/b7-5+. The van der Waals surface area contributed by atoms with E-state index in [1.54, 1.807) is 0 Å². The third kappa shape index (κ3) is 15.5. The molecule has 17 heavy (non-hydrogen) atoms. The van der Waals surface area contributed by atoms with E-state index in [1.165, 1.54) is 70.6 Å². The van der Waals surface area contributed by atoms with Crippen molar-refractivity contribution in [2.75, 3.05) is 0 Å². The Morgan fingerprint density at radius 1 is 0.647 bits per heavy atom. The average molecular weight is 235 g/mol. The summed E-state index contributed by atoms with van der Waals surface area (Å²) < 4.78 is 0. The Morgan fingerprint density at radius 3 is 1.59 bits per heavy atom. The molecule has 0 N–H and O–H groups in total. The van der Waals surface area contributed by atoms with Gasteiger partial charge in [-0.15, -0.1) is 0 Å². The second kappa shape index (κ2) is 15.5. The van der Waals surface area contributed by atoms with Gasteiger partial charge in [-0.2, -0.15) is 0 Å². The van der Waals surface area contributed by atoms with Gasteiger partial charge in [-0.25, -0.2) is 0 Å². The topological polar surface area (TPSA) is 0 Å². The van der Waals surface area contributed by atoms with Gasteiger partial charge in [0.25, 0.3) is 0 Å². The molecule has 0 aliphatic carbocycles. The van der Waals surface area contributed by atoms with Gasteiger partial charge in [0.05, 0.1) is 0 Å². The SMILES string of the molecule is [CH2]CCCCCCCCCCCC/C=C/C=C. The highest BCUT2D eigenvalue weighted by Crippen LogP contribution is 2.11. The molecule has 0 aromatic carbocycles. The molecule has 0 heterocycles. The van der Waals surface area contributed by atoms with Crippen LogP contribution in [0, 0.1) is 6.92 Å². The maximum Gasteiger partial charge on any atom is -0.0348 e. The van der Waals surface area contributed by atoms with E-state index in [0.29, 0.717) is 0 Å². The molecule has 0 bridgehead atoms. The molecule has 0 fully saturated rings. The number of unbranched alkanes of at least 4 members (excludes halogenated alkanes) is 11. The third-order valence-corrected chi connectivity index (χ3v) is 3.14. The molecule has 0 saturated heterocycles. The van der Waals surface area contributed by atoms with Crippen LogP contribution in [0.2, 0.25) is 0 Å². The molecule has 0 atom stereocenters. The fourth-order valence-electron chi connectivity index (χ4n) is 2.05. The first-order valence-corrected chi connectivity index (χ1v) is 7.48. The highest BCUT2D eigenvalue weighted by atomic mass is 14.0. The summed E-state index contributed by atoms with van der Waals surface area (Å²) in [5.74, 6) is 0. The Hall–Kier alpha value is -0.520. The van der Waals surface area contributed by atoms with Crippen molar-refractivity contribution < 1.29 is 0 Å². The van der Waals surface area contributed by atoms with Crippen molar-refractivity contribution in [3.05, 3.63) is 31.7 Å². The van der Waals surface area contributed by atoms with Gasteiger partial charge in [0.2, 0.25) is 0 Å². The molecular weight excluding hydrogens is 204 g/mol. The molecule has 0 nitrogen and oxygen atoms in total. The maximum atomic E-state index is 3.87. The minimum absolute atomic E-state index is 1.11. The van der Waals surface area contributed by atoms with E-state index < -0.39 is 0 Å². The van der Waals surface area contributed by atoms with E-state index in [9.17, 15) is 0 Å². The van der Waals surface area contributed by atoms with Crippen LogP contribution in [-0.2, 0) is 0 Å². The van der Waals surface area contributed by atoms with Gasteiger partial charge in [-0.05, 0) is 12.8 Å². The average Bonchev–Trinajstić information content (AvgIpc) is 2.35. The van der Waals surface area contributed by atoms with Gasteiger partial charge in [0, 0.05) is 0 Å². The highest BCUT2D eigenvalue weighted by Gasteiger charge is 1.92. The fourth-order valence-corrected chi connectivity index (χ4v) is 2.05. The second-order valence-corrected chi connectivity index (χ2v) is 4.84. The van der Waals surface area contributed by atoms with Crippen LogP contribution in [0.3, 0.4) is 0 Å². The molecule has 0 spiro atoms. The van der Waals surface area contributed by atoms with Crippen LogP contribution in [0.1, 0.15) is 77.0 Å². The zero-order chi connectivity index (χ0) is 12.6. The van der Waals surface area contributed by atoms with E-state index >= 15 is 0 Å². The molecule has 0 heteroatoms. The van der Waals surface area contributed by atoms with Crippen molar-refractivity contribution in [3.63, 3.8) is 0 Å². The molecule has 0 aromatic heterocycles. The first-order valence-electron chi connectivity index (χ1n) is 7.48. The van der Waals surface area contributed by atoms with Crippen LogP contribution >= 0.6 is 0 Å². The summed E-state index contributed by atoms with van der Waals surface area (Å²) >= 11 is 0. The molecule has 0 amide bonds. The monoisotopic (exact) mass is 235 g/mol. The van der Waals surface area contributed by atoms with Crippen molar-refractivity contribution in [2.45, 2.75) is 77.0 Å². The van der Waals surface area contributed by atoms with Crippen molar-refractivity contribution >= 4 is 0 Å². The third-order valence-electron chi connectivity index (χ3n) is 3.14. The van der Waals surface area contributed by atoms with Crippen molar-refractivity contribution in [1.82, 2.24) is 0 Å². The van der Waals surface area contributed by atoms with Crippen molar-refractivity contribution in [2.24, 2.45) is 0 Å². The minimum Gasteiger partial charge on any atom is -0.0991 e. The molecular formula is C17H31. The second-order valence-electron chi connectivity index (χ2n) is 4.84. The lowest BCUT2D eigenvalue weighted by Gasteiger charge is -2.01. The zero-order valence-corrected chi connectivity index (χ0v) is 11.6. The molecule has 0 aliphatic rings. The van der Waals surface area contributed by atoms with Crippen LogP contribution in [0.15, 0.2) is 24.8 Å². The normalized spacial score (nSPS) is 11.1. The Bertz CT molecular complexity index is 167. The van der Waals surface area contributed by atoms with Crippen molar-refractivity contribution in [3.8, 4) is 0 Å². The van der Waals surface area contributed by atoms with Crippen LogP contribution in [0.5, 0.6) is 0 Å². The Balaban J connectivity index is 2.93. The maximum absolute atomic E-state index is 3.87. The van der Waals surface area contributed by atoms with Gasteiger partial charge >= 0.3 is 0 Å². The number of rotatable bonds is 13. The summed E-state index contributed by atoms with van der Waals surface area (Å²) in [6.45, 7) is 7.53. The molecule has 0 unspecified atom stereocenters. The molecule has 99 valence electrons.